The van der Waals surface area contributed by atoms with Crippen LogP contribution in [0.5, 0.6) is 0 Å². The van der Waals surface area contributed by atoms with Crippen LogP contribution in [0.1, 0.15) is 25.7 Å². The van der Waals surface area contributed by atoms with E-state index in [4.69, 9.17) is 16.8 Å². The molecule has 1 rings (SSSR count). The van der Waals surface area contributed by atoms with Crippen molar-refractivity contribution in [1.29, 1.82) is 0 Å². The van der Waals surface area contributed by atoms with E-state index >= 15 is 0 Å². The van der Waals surface area contributed by atoms with E-state index in [1.807, 2.05) is 0 Å². The molecule has 0 radical (unpaired) electrons. The molecule has 0 bridgehead atoms. The first-order valence-corrected chi connectivity index (χ1v) is 4.80. The molecule has 0 saturated carbocycles. The van der Waals surface area contributed by atoms with Crippen LogP contribution in [-0.2, 0) is 4.79 Å². The van der Waals surface area contributed by atoms with E-state index < -0.39 is 0 Å². The van der Waals surface area contributed by atoms with E-state index in [9.17, 15) is 4.79 Å². The van der Waals surface area contributed by atoms with Gasteiger partial charge in [-0.05, 0) is 12.8 Å². The number of hydrogen-bond donors (Lipinski definition) is 1. The van der Waals surface area contributed by atoms with Crippen LogP contribution in [0.3, 0.4) is 0 Å². The summed E-state index contributed by atoms with van der Waals surface area (Å²) in [5.41, 5.74) is 0. The molecule has 1 amide bonds. The molecule has 0 aromatic heterocycles. The monoisotopic (exact) mass is 204 g/mol. The Morgan fingerprint density at radius 1 is 1.23 bits per heavy atom. The average molecular weight is 205 g/mol. The van der Waals surface area contributed by atoms with Crippen LogP contribution in [-0.4, -0.2) is 34.3 Å². The van der Waals surface area contributed by atoms with Crippen LogP contribution in [0.4, 0.5) is 0 Å². The highest BCUT2D eigenvalue weighted by atomic mass is 35.5. The molecule has 0 aromatic carbocycles. The lowest BCUT2D eigenvalue weighted by molar-refractivity contribution is -0.123. The molecule has 1 fully saturated rings. The van der Waals surface area contributed by atoms with Crippen molar-refractivity contribution in [3.63, 3.8) is 0 Å². The highest BCUT2D eigenvalue weighted by Crippen LogP contribution is 2.10. The van der Waals surface area contributed by atoms with E-state index in [-0.39, 0.29) is 11.1 Å². The lowest BCUT2D eigenvalue weighted by Gasteiger charge is -2.18. The number of rotatable bonds is 1. The minimum absolute atomic E-state index is 0.345. The Labute approximate surface area is 82.2 Å². The SMILES string of the molecule is O=C(C(Cl)=NO)N1CCCCCC1. The van der Waals surface area contributed by atoms with Crippen molar-refractivity contribution in [2.45, 2.75) is 25.7 Å². The van der Waals surface area contributed by atoms with Crippen LogP contribution in [0, 0.1) is 0 Å². The van der Waals surface area contributed by atoms with Gasteiger partial charge in [0, 0.05) is 13.1 Å². The van der Waals surface area contributed by atoms with Crippen molar-refractivity contribution in [2.75, 3.05) is 13.1 Å². The summed E-state index contributed by atoms with van der Waals surface area (Å²) >= 11 is 5.41. The van der Waals surface area contributed by atoms with Gasteiger partial charge in [-0.2, -0.15) is 0 Å². The third-order valence-corrected chi connectivity index (χ3v) is 2.39. The summed E-state index contributed by atoms with van der Waals surface area (Å²) in [6.07, 6.45) is 4.30. The topological polar surface area (TPSA) is 52.9 Å². The standard InChI is InChI=1S/C8H13ClN2O2/c9-7(10-13)8(12)11-5-3-1-2-4-6-11/h13H,1-6H2. The highest BCUT2D eigenvalue weighted by molar-refractivity contribution is 6.82. The average Bonchev–Trinajstić information content (AvgIpc) is 2.43. The fourth-order valence-corrected chi connectivity index (χ4v) is 1.57. The van der Waals surface area contributed by atoms with Crippen LogP contribution < -0.4 is 0 Å². The Bertz CT molecular complexity index is 210. The van der Waals surface area contributed by atoms with Gasteiger partial charge >= 0.3 is 0 Å². The molecule has 0 atom stereocenters. The second kappa shape index (κ2) is 5.07. The fraction of sp³-hybridized carbons (Fsp3) is 0.750. The van der Waals surface area contributed by atoms with Gasteiger partial charge in [0.15, 0.2) is 0 Å². The number of hydrogen-bond acceptors (Lipinski definition) is 3. The highest BCUT2D eigenvalue weighted by Gasteiger charge is 2.19. The Hall–Kier alpha value is -0.770. The summed E-state index contributed by atoms with van der Waals surface area (Å²) in [5.74, 6) is -0.369. The van der Waals surface area contributed by atoms with Crippen molar-refractivity contribution in [1.82, 2.24) is 4.90 Å². The number of amides is 1. The molecule has 74 valence electrons. The maximum atomic E-state index is 11.4. The molecule has 1 aliphatic rings. The number of nitrogens with zero attached hydrogens (tertiary/aromatic N) is 2. The number of likely N-dealkylation sites (tertiary alicyclic amines) is 1. The third kappa shape index (κ3) is 2.88. The molecule has 1 aliphatic heterocycles. The second-order valence-corrected chi connectivity index (χ2v) is 3.46. The number of halogens is 1. The van der Waals surface area contributed by atoms with E-state index in [1.54, 1.807) is 4.90 Å². The smallest absolute Gasteiger partial charge is 0.287 e. The summed E-state index contributed by atoms with van der Waals surface area (Å²) in [4.78, 5) is 13.0. The summed E-state index contributed by atoms with van der Waals surface area (Å²) < 4.78 is 0. The lowest BCUT2D eigenvalue weighted by atomic mass is 10.2. The molecule has 1 N–H and O–H groups in total. The fourth-order valence-electron chi connectivity index (χ4n) is 1.45. The summed E-state index contributed by atoms with van der Waals surface area (Å²) in [7, 11) is 0. The summed E-state index contributed by atoms with van der Waals surface area (Å²) in [6.45, 7) is 1.43. The largest absolute Gasteiger partial charge is 0.409 e. The Balaban J connectivity index is 2.54. The van der Waals surface area contributed by atoms with Gasteiger partial charge in [0.05, 0.1) is 0 Å². The van der Waals surface area contributed by atoms with E-state index in [0.29, 0.717) is 13.1 Å². The zero-order valence-corrected chi connectivity index (χ0v) is 8.13. The van der Waals surface area contributed by atoms with E-state index in [1.165, 1.54) is 0 Å². The Morgan fingerprint density at radius 3 is 2.23 bits per heavy atom. The molecule has 1 saturated heterocycles. The normalized spacial score (nSPS) is 19.8. The van der Waals surface area contributed by atoms with E-state index in [0.717, 1.165) is 25.7 Å². The number of carbonyl (C=O) groups excluding carboxylic acids is 1. The van der Waals surface area contributed by atoms with Gasteiger partial charge in [-0.3, -0.25) is 4.79 Å². The van der Waals surface area contributed by atoms with Gasteiger partial charge in [-0.1, -0.05) is 29.6 Å². The first kappa shape index (κ1) is 10.3. The minimum atomic E-state index is -0.369. The minimum Gasteiger partial charge on any atom is -0.409 e. The van der Waals surface area contributed by atoms with Crippen molar-refractivity contribution in [3.8, 4) is 0 Å². The van der Waals surface area contributed by atoms with Crippen molar-refractivity contribution >= 4 is 22.7 Å². The lowest BCUT2D eigenvalue weighted by Crippen LogP contribution is -2.35. The van der Waals surface area contributed by atoms with Crippen LogP contribution in [0.25, 0.3) is 0 Å². The predicted octanol–water partition coefficient (Wildman–Crippen LogP) is 1.42. The molecular weight excluding hydrogens is 192 g/mol. The van der Waals surface area contributed by atoms with Crippen LogP contribution in [0.2, 0.25) is 0 Å². The van der Waals surface area contributed by atoms with Gasteiger partial charge in [-0.15, -0.1) is 0 Å². The Morgan fingerprint density at radius 2 is 1.77 bits per heavy atom. The van der Waals surface area contributed by atoms with Crippen molar-refractivity contribution in [3.05, 3.63) is 0 Å². The maximum Gasteiger partial charge on any atom is 0.287 e. The van der Waals surface area contributed by atoms with Gasteiger partial charge < -0.3 is 10.1 Å². The second-order valence-electron chi connectivity index (χ2n) is 3.10. The number of oxime groups is 1. The van der Waals surface area contributed by atoms with Crippen molar-refractivity contribution < 1.29 is 10.0 Å². The predicted molar refractivity (Wildman–Crippen MR) is 50.1 cm³/mol. The molecule has 0 aromatic rings. The molecule has 5 heteroatoms. The van der Waals surface area contributed by atoms with Crippen molar-refractivity contribution in [2.24, 2.45) is 5.16 Å². The van der Waals surface area contributed by atoms with Gasteiger partial charge in [0.1, 0.15) is 0 Å². The van der Waals surface area contributed by atoms with Gasteiger partial charge in [0.25, 0.3) is 5.91 Å². The van der Waals surface area contributed by atoms with Crippen LogP contribution in [0.15, 0.2) is 5.16 Å². The number of carbonyl (C=O) groups is 1. The third-order valence-electron chi connectivity index (χ3n) is 2.16. The maximum absolute atomic E-state index is 11.4. The van der Waals surface area contributed by atoms with Crippen LogP contribution >= 0.6 is 11.6 Å². The molecule has 1 heterocycles. The first-order valence-electron chi connectivity index (χ1n) is 4.42. The molecule has 0 unspecified atom stereocenters. The molecular formula is C8H13ClN2O2. The Kier molecular flexibility index (Phi) is 4.02. The molecule has 0 spiro atoms. The molecule has 4 nitrogen and oxygen atoms in total. The molecule has 0 aliphatic carbocycles. The van der Waals surface area contributed by atoms with Gasteiger partial charge in [-0.25, -0.2) is 0 Å². The summed E-state index contributed by atoms with van der Waals surface area (Å²) in [5, 5.41) is 10.7. The quantitative estimate of drug-likeness (QED) is 0.399. The first-order chi connectivity index (χ1) is 6.25. The van der Waals surface area contributed by atoms with Gasteiger partial charge in [0.2, 0.25) is 5.17 Å². The zero-order valence-electron chi connectivity index (χ0n) is 7.37. The zero-order chi connectivity index (χ0) is 9.68. The van der Waals surface area contributed by atoms with E-state index in [2.05, 4.69) is 5.16 Å². The molecule has 13 heavy (non-hydrogen) atoms. The summed E-state index contributed by atoms with van der Waals surface area (Å²) in [6, 6.07) is 0.